The van der Waals surface area contributed by atoms with Gasteiger partial charge in [-0.05, 0) is 12.1 Å². The first kappa shape index (κ1) is 19.0. The highest BCUT2D eigenvalue weighted by molar-refractivity contribution is 6.30. The molecule has 1 fully saturated rings. The van der Waals surface area contributed by atoms with Gasteiger partial charge in [0.1, 0.15) is 17.6 Å². The minimum absolute atomic E-state index is 0.0363. The van der Waals surface area contributed by atoms with Crippen LogP contribution in [-0.2, 0) is 0 Å². The van der Waals surface area contributed by atoms with Crippen molar-refractivity contribution in [3.63, 3.8) is 0 Å². The van der Waals surface area contributed by atoms with Gasteiger partial charge in [-0.15, -0.1) is 0 Å². The third-order valence-electron chi connectivity index (χ3n) is 4.25. The van der Waals surface area contributed by atoms with E-state index in [0.717, 1.165) is 0 Å². The molecule has 1 saturated heterocycles. The van der Waals surface area contributed by atoms with Gasteiger partial charge >= 0.3 is 12.0 Å². The molecule has 1 aromatic heterocycles. The van der Waals surface area contributed by atoms with Crippen molar-refractivity contribution >= 4 is 23.3 Å². The number of methoxy groups -OCH3 is 2. The first-order valence-electron chi connectivity index (χ1n) is 8.51. The largest absolute Gasteiger partial charge is 0.497 e. The third kappa shape index (κ3) is 4.91. The number of piperidine rings is 1. The summed E-state index contributed by atoms with van der Waals surface area (Å²) in [7, 11) is 3.13. The summed E-state index contributed by atoms with van der Waals surface area (Å²) in [6, 6.07) is 5.36. The zero-order valence-electron chi connectivity index (χ0n) is 15.1. The van der Waals surface area contributed by atoms with Crippen LogP contribution in [0.5, 0.6) is 17.5 Å². The van der Waals surface area contributed by atoms with Crippen LogP contribution in [-0.4, -0.2) is 54.3 Å². The number of likely N-dealkylation sites (tertiary alicyclic amines) is 1. The summed E-state index contributed by atoms with van der Waals surface area (Å²) in [6.45, 7) is 1.14. The normalized spacial score (nSPS) is 14.6. The third-order valence-corrected chi connectivity index (χ3v) is 4.44. The van der Waals surface area contributed by atoms with Crippen LogP contribution in [0.2, 0.25) is 5.02 Å². The van der Waals surface area contributed by atoms with Crippen molar-refractivity contribution in [1.82, 2.24) is 14.9 Å². The molecule has 8 nitrogen and oxygen atoms in total. The molecule has 27 heavy (non-hydrogen) atoms. The van der Waals surface area contributed by atoms with Crippen LogP contribution in [0.3, 0.4) is 0 Å². The molecule has 0 aliphatic carbocycles. The van der Waals surface area contributed by atoms with E-state index >= 15 is 0 Å². The minimum atomic E-state index is -0.181. The smallest absolute Gasteiger partial charge is 0.321 e. The molecule has 0 bridgehead atoms. The lowest BCUT2D eigenvalue weighted by Crippen LogP contribution is -2.43. The standard InChI is InChI=1S/C18H21ClN4O4/c1-25-14-3-4-15(16(9-14)26-2)22-18(24)23-7-5-13(6-8-23)27-17-20-10-12(19)11-21-17/h3-4,9-11,13H,5-8H2,1-2H3,(H,22,24). The molecule has 3 rings (SSSR count). The first-order chi connectivity index (χ1) is 13.1. The molecule has 2 amide bonds. The molecule has 1 aliphatic rings. The minimum Gasteiger partial charge on any atom is -0.497 e. The van der Waals surface area contributed by atoms with Gasteiger partial charge in [0, 0.05) is 32.0 Å². The SMILES string of the molecule is COc1ccc(NC(=O)N2CCC(Oc3ncc(Cl)cn3)CC2)c(OC)c1. The van der Waals surface area contributed by atoms with Crippen molar-refractivity contribution in [3.8, 4) is 17.5 Å². The fraction of sp³-hybridized carbons (Fsp3) is 0.389. The summed E-state index contributed by atoms with van der Waals surface area (Å²) in [5, 5.41) is 3.34. The van der Waals surface area contributed by atoms with E-state index in [1.807, 2.05) is 0 Å². The van der Waals surface area contributed by atoms with E-state index in [4.69, 9.17) is 25.8 Å². The molecule has 1 aliphatic heterocycles. The fourth-order valence-electron chi connectivity index (χ4n) is 2.78. The van der Waals surface area contributed by atoms with Gasteiger partial charge in [-0.2, -0.15) is 0 Å². The van der Waals surface area contributed by atoms with E-state index < -0.39 is 0 Å². The number of carbonyl (C=O) groups excluding carboxylic acids is 1. The van der Waals surface area contributed by atoms with Crippen LogP contribution in [0.1, 0.15) is 12.8 Å². The highest BCUT2D eigenvalue weighted by atomic mass is 35.5. The summed E-state index contributed by atoms with van der Waals surface area (Å²) in [6.07, 6.45) is 4.34. The Morgan fingerprint density at radius 3 is 2.52 bits per heavy atom. The number of rotatable bonds is 5. The van der Waals surface area contributed by atoms with Gasteiger partial charge in [0.15, 0.2) is 0 Å². The van der Waals surface area contributed by atoms with Crippen molar-refractivity contribution in [2.45, 2.75) is 18.9 Å². The molecule has 1 N–H and O–H groups in total. The van der Waals surface area contributed by atoms with Crippen LogP contribution >= 0.6 is 11.6 Å². The Balaban J connectivity index is 1.53. The summed E-state index contributed by atoms with van der Waals surface area (Å²) >= 11 is 5.77. The molecule has 1 aromatic carbocycles. The molecule has 2 heterocycles. The van der Waals surface area contributed by atoms with Crippen molar-refractivity contribution in [3.05, 3.63) is 35.6 Å². The second-order valence-electron chi connectivity index (χ2n) is 5.98. The van der Waals surface area contributed by atoms with Crippen molar-refractivity contribution in [2.24, 2.45) is 0 Å². The van der Waals surface area contributed by atoms with E-state index in [0.29, 0.717) is 54.2 Å². The average Bonchev–Trinajstić information content (AvgIpc) is 2.70. The second-order valence-corrected chi connectivity index (χ2v) is 6.42. The zero-order chi connectivity index (χ0) is 19.2. The number of hydrogen-bond donors (Lipinski definition) is 1. The number of amides is 2. The van der Waals surface area contributed by atoms with Crippen LogP contribution in [0.15, 0.2) is 30.6 Å². The summed E-state index contributed by atoms with van der Waals surface area (Å²) < 4.78 is 16.2. The molecular formula is C18H21ClN4O4. The maximum absolute atomic E-state index is 12.5. The second kappa shape index (κ2) is 8.77. The quantitative estimate of drug-likeness (QED) is 0.840. The van der Waals surface area contributed by atoms with Gasteiger partial charge in [0.25, 0.3) is 0 Å². The maximum Gasteiger partial charge on any atom is 0.321 e. The number of aromatic nitrogens is 2. The molecule has 2 aromatic rings. The van der Waals surface area contributed by atoms with Gasteiger partial charge in [0.2, 0.25) is 0 Å². The number of hydrogen-bond acceptors (Lipinski definition) is 6. The summed E-state index contributed by atoms with van der Waals surface area (Å²) in [4.78, 5) is 22.3. The Hall–Kier alpha value is -2.74. The lowest BCUT2D eigenvalue weighted by Gasteiger charge is -2.31. The van der Waals surface area contributed by atoms with Gasteiger partial charge in [-0.25, -0.2) is 14.8 Å². The summed E-state index contributed by atoms with van der Waals surface area (Å²) in [5.74, 6) is 1.20. The molecular weight excluding hydrogens is 372 g/mol. The highest BCUT2D eigenvalue weighted by Gasteiger charge is 2.25. The Labute approximate surface area is 162 Å². The van der Waals surface area contributed by atoms with Gasteiger partial charge in [-0.3, -0.25) is 0 Å². The number of urea groups is 1. The molecule has 0 radical (unpaired) electrons. The zero-order valence-corrected chi connectivity index (χ0v) is 15.9. The number of benzene rings is 1. The Bertz CT molecular complexity index is 779. The Kier molecular flexibility index (Phi) is 6.18. The highest BCUT2D eigenvalue weighted by Crippen LogP contribution is 2.29. The van der Waals surface area contributed by atoms with Crippen molar-refractivity contribution in [1.29, 1.82) is 0 Å². The van der Waals surface area contributed by atoms with Crippen LogP contribution in [0, 0.1) is 0 Å². The topological polar surface area (TPSA) is 85.8 Å². The molecule has 144 valence electrons. The number of ether oxygens (including phenoxy) is 3. The lowest BCUT2D eigenvalue weighted by atomic mass is 10.1. The van der Waals surface area contributed by atoms with E-state index in [1.54, 1.807) is 37.3 Å². The van der Waals surface area contributed by atoms with E-state index in [2.05, 4.69) is 15.3 Å². The lowest BCUT2D eigenvalue weighted by molar-refractivity contribution is 0.107. The van der Waals surface area contributed by atoms with Gasteiger partial charge < -0.3 is 24.4 Å². The number of nitrogens with zero attached hydrogens (tertiary/aromatic N) is 3. The van der Waals surface area contributed by atoms with Crippen molar-refractivity contribution < 1.29 is 19.0 Å². The maximum atomic E-state index is 12.5. The fourth-order valence-corrected chi connectivity index (χ4v) is 2.88. The number of carbonyl (C=O) groups is 1. The number of nitrogens with one attached hydrogen (secondary N) is 1. The van der Waals surface area contributed by atoms with Crippen LogP contribution < -0.4 is 19.5 Å². The summed E-state index contributed by atoms with van der Waals surface area (Å²) in [5.41, 5.74) is 0.594. The van der Waals surface area contributed by atoms with Crippen LogP contribution in [0.4, 0.5) is 10.5 Å². The number of anilines is 1. The molecule has 0 saturated carbocycles. The van der Waals surface area contributed by atoms with E-state index in [1.165, 1.54) is 12.4 Å². The number of halogens is 1. The monoisotopic (exact) mass is 392 g/mol. The van der Waals surface area contributed by atoms with Crippen molar-refractivity contribution in [2.75, 3.05) is 32.6 Å². The van der Waals surface area contributed by atoms with E-state index in [-0.39, 0.29) is 12.1 Å². The van der Waals surface area contributed by atoms with Crippen LogP contribution in [0.25, 0.3) is 0 Å². The Morgan fingerprint density at radius 2 is 1.89 bits per heavy atom. The average molecular weight is 393 g/mol. The molecule has 0 unspecified atom stereocenters. The predicted molar refractivity (Wildman–Crippen MR) is 101 cm³/mol. The van der Waals surface area contributed by atoms with E-state index in [9.17, 15) is 4.79 Å². The Morgan fingerprint density at radius 1 is 1.19 bits per heavy atom. The first-order valence-corrected chi connectivity index (χ1v) is 8.89. The molecule has 0 atom stereocenters. The molecule has 0 spiro atoms. The molecule has 9 heteroatoms. The van der Waals surface area contributed by atoms with Gasteiger partial charge in [0.05, 0.1) is 37.3 Å². The van der Waals surface area contributed by atoms with Gasteiger partial charge in [-0.1, -0.05) is 11.6 Å². The predicted octanol–water partition coefficient (Wildman–Crippen LogP) is 3.22.